The summed E-state index contributed by atoms with van der Waals surface area (Å²) in [5.74, 6) is 1.08. The summed E-state index contributed by atoms with van der Waals surface area (Å²) >= 11 is 3.44. The number of benzene rings is 2. The van der Waals surface area contributed by atoms with E-state index in [9.17, 15) is 10.1 Å². The molecule has 28 heavy (non-hydrogen) atoms. The van der Waals surface area contributed by atoms with Crippen LogP contribution in [0.25, 0.3) is 6.08 Å². The standard InChI is InChI=1S/C21H21BrN2O4/c1-4-27-18-9-7-6-8-17(18)24-21(25)15(13-23)10-14-11-16(22)20(28-5-2)19(12-14)26-3/h6-12H,4-5H2,1-3H3,(H,24,25)/b15-10+. The zero-order valence-electron chi connectivity index (χ0n) is 15.9. The summed E-state index contributed by atoms with van der Waals surface area (Å²) in [7, 11) is 1.53. The fourth-order valence-corrected chi connectivity index (χ4v) is 3.04. The topological polar surface area (TPSA) is 80.6 Å². The molecular weight excluding hydrogens is 424 g/mol. The molecule has 0 radical (unpaired) electrons. The Bertz CT molecular complexity index is 919. The first-order valence-corrected chi connectivity index (χ1v) is 9.48. The number of anilines is 1. The monoisotopic (exact) mass is 444 g/mol. The lowest BCUT2D eigenvalue weighted by molar-refractivity contribution is -0.112. The number of nitriles is 1. The third kappa shape index (κ3) is 5.27. The molecule has 1 amide bonds. The van der Waals surface area contributed by atoms with Crippen molar-refractivity contribution >= 4 is 33.6 Å². The number of ether oxygens (including phenoxy) is 3. The van der Waals surface area contributed by atoms with E-state index in [2.05, 4.69) is 21.2 Å². The second kappa shape index (κ2) is 10.4. The maximum absolute atomic E-state index is 12.6. The Morgan fingerprint density at radius 3 is 2.54 bits per heavy atom. The minimum atomic E-state index is -0.529. The van der Waals surface area contributed by atoms with Crippen LogP contribution in [0.2, 0.25) is 0 Å². The number of hydrogen-bond donors (Lipinski definition) is 1. The third-order valence-electron chi connectivity index (χ3n) is 3.65. The molecule has 0 spiro atoms. The van der Waals surface area contributed by atoms with Gasteiger partial charge in [-0.3, -0.25) is 4.79 Å². The van der Waals surface area contributed by atoms with E-state index in [1.54, 1.807) is 30.3 Å². The number of nitrogens with one attached hydrogen (secondary N) is 1. The molecule has 0 aliphatic heterocycles. The van der Waals surface area contributed by atoms with Crippen molar-refractivity contribution in [2.24, 2.45) is 0 Å². The van der Waals surface area contributed by atoms with Crippen molar-refractivity contribution in [2.75, 3.05) is 25.6 Å². The largest absolute Gasteiger partial charge is 0.493 e. The highest BCUT2D eigenvalue weighted by molar-refractivity contribution is 9.10. The second-order valence-corrected chi connectivity index (χ2v) is 6.37. The summed E-state index contributed by atoms with van der Waals surface area (Å²) in [5, 5.41) is 12.2. The van der Waals surface area contributed by atoms with Gasteiger partial charge in [-0.2, -0.15) is 5.26 Å². The molecule has 0 aliphatic rings. The number of hydrogen-bond acceptors (Lipinski definition) is 5. The number of para-hydroxylation sites is 2. The quantitative estimate of drug-likeness (QED) is 0.467. The van der Waals surface area contributed by atoms with Gasteiger partial charge in [0.15, 0.2) is 11.5 Å². The lowest BCUT2D eigenvalue weighted by atomic mass is 10.1. The SMILES string of the molecule is CCOc1ccccc1NC(=O)/C(C#N)=C/c1cc(Br)c(OCC)c(OC)c1. The summed E-state index contributed by atoms with van der Waals surface area (Å²) in [6.45, 7) is 4.68. The summed E-state index contributed by atoms with van der Waals surface area (Å²) < 4.78 is 17.1. The van der Waals surface area contributed by atoms with Crippen LogP contribution in [0.5, 0.6) is 17.2 Å². The Morgan fingerprint density at radius 2 is 1.89 bits per heavy atom. The van der Waals surface area contributed by atoms with Crippen LogP contribution in [0.1, 0.15) is 19.4 Å². The molecule has 2 rings (SSSR count). The summed E-state index contributed by atoms with van der Waals surface area (Å²) in [5.41, 5.74) is 1.07. The fraction of sp³-hybridized carbons (Fsp3) is 0.238. The first-order chi connectivity index (χ1) is 13.5. The molecule has 0 fully saturated rings. The lowest BCUT2D eigenvalue weighted by Crippen LogP contribution is -2.14. The van der Waals surface area contributed by atoms with Crippen molar-refractivity contribution in [1.29, 1.82) is 5.26 Å². The van der Waals surface area contributed by atoms with Crippen molar-refractivity contribution in [2.45, 2.75) is 13.8 Å². The van der Waals surface area contributed by atoms with Crippen molar-refractivity contribution in [1.82, 2.24) is 0 Å². The van der Waals surface area contributed by atoms with E-state index >= 15 is 0 Å². The molecule has 1 N–H and O–H groups in total. The predicted octanol–water partition coefficient (Wildman–Crippen LogP) is 4.80. The molecule has 2 aromatic rings. The third-order valence-corrected chi connectivity index (χ3v) is 4.24. The predicted molar refractivity (Wildman–Crippen MR) is 112 cm³/mol. The van der Waals surface area contributed by atoms with Gasteiger partial charge in [-0.15, -0.1) is 0 Å². The van der Waals surface area contributed by atoms with Gasteiger partial charge in [0, 0.05) is 0 Å². The van der Waals surface area contributed by atoms with Gasteiger partial charge < -0.3 is 19.5 Å². The van der Waals surface area contributed by atoms with Crippen LogP contribution in [0.3, 0.4) is 0 Å². The Kier molecular flexibility index (Phi) is 7.90. The lowest BCUT2D eigenvalue weighted by Gasteiger charge is -2.13. The normalized spacial score (nSPS) is 10.8. The van der Waals surface area contributed by atoms with Gasteiger partial charge in [-0.25, -0.2) is 0 Å². The molecule has 0 saturated heterocycles. The zero-order chi connectivity index (χ0) is 20.5. The molecule has 0 unspecified atom stereocenters. The van der Waals surface area contributed by atoms with E-state index in [0.29, 0.717) is 46.2 Å². The molecule has 146 valence electrons. The summed E-state index contributed by atoms with van der Waals surface area (Å²) in [6.07, 6.45) is 1.49. The van der Waals surface area contributed by atoms with Crippen LogP contribution in [0.15, 0.2) is 46.4 Å². The van der Waals surface area contributed by atoms with Gasteiger partial charge in [0.1, 0.15) is 17.4 Å². The van der Waals surface area contributed by atoms with Gasteiger partial charge >= 0.3 is 0 Å². The molecule has 0 aromatic heterocycles. The number of rotatable bonds is 8. The van der Waals surface area contributed by atoms with E-state index in [0.717, 1.165) is 0 Å². The highest BCUT2D eigenvalue weighted by atomic mass is 79.9. The second-order valence-electron chi connectivity index (χ2n) is 5.52. The van der Waals surface area contributed by atoms with Gasteiger partial charge in [-0.1, -0.05) is 12.1 Å². The summed E-state index contributed by atoms with van der Waals surface area (Å²) in [6, 6.07) is 12.5. The Morgan fingerprint density at radius 1 is 1.18 bits per heavy atom. The number of amides is 1. The minimum Gasteiger partial charge on any atom is -0.493 e. The molecule has 6 nitrogen and oxygen atoms in total. The van der Waals surface area contributed by atoms with Crippen molar-refractivity contribution in [3.8, 4) is 23.3 Å². The van der Waals surface area contributed by atoms with E-state index < -0.39 is 5.91 Å². The van der Waals surface area contributed by atoms with Crippen LogP contribution in [0.4, 0.5) is 5.69 Å². The van der Waals surface area contributed by atoms with Crippen LogP contribution in [-0.4, -0.2) is 26.2 Å². The average Bonchev–Trinajstić information content (AvgIpc) is 2.69. The minimum absolute atomic E-state index is 0.0515. The van der Waals surface area contributed by atoms with Gasteiger partial charge in [0.05, 0.1) is 30.5 Å². The maximum Gasteiger partial charge on any atom is 0.266 e. The highest BCUT2D eigenvalue weighted by Crippen LogP contribution is 2.37. The van der Waals surface area contributed by atoms with Gasteiger partial charge in [-0.05, 0) is 65.7 Å². The first-order valence-electron chi connectivity index (χ1n) is 8.69. The smallest absolute Gasteiger partial charge is 0.266 e. The van der Waals surface area contributed by atoms with Gasteiger partial charge in [0.25, 0.3) is 5.91 Å². The van der Waals surface area contributed by atoms with Crippen molar-refractivity contribution in [3.63, 3.8) is 0 Å². The molecule has 0 aliphatic carbocycles. The van der Waals surface area contributed by atoms with Crippen LogP contribution in [0, 0.1) is 11.3 Å². The number of halogens is 1. The molecule has 7 heteroatoms. The van der Waals surface area contributed by atoms with Crippen molar-refractivity contribution in [3.05, 3.63) is 52.0 Å². The van der Waals surface area contributed by atoms with Crippen molar-refractivity contribution < 1.29 is 19.0 Å². The fourth-order valence-electron chi connectivity index (χ4n) is 2.46. The molecule has 0 bridgehead atoms. The molecule has 0 saturated carbocycles. The highest BCUT2D eigenvalue weighted by Gasteiger charge is 2.15. The maximum atomic E-state index is 12.6. The molecule has 0 atom stereocenters. The number of carbonyl (C=O) groups excluding carboxylic acids is 1. The van der Waals surface area contributed by atoms with E-state index in [1.165, 1.54) is 13.2 Å². The summed E-state index contributed by atoms with van der Waals surface area (Å²) in [4.78, 5) is 12.6. The van der Waals surface area contributed by atoms with E-state index in [4.69, 9.17) is 14.2 Å². The van der Waals surface area contributed by atoms with E-state index in [1.807, 2.05) is 26.0 Å². The molecular formula is C21H21BrN2O4. The first kappa shape index (κ1) is 21.3. The molecule has 0 heterocycles. The number of methoxy groups -OCH3 is 1. The molecule has 2 aromatic carbocycles. The van der Waals surface area contributed by atoms with Crippen LogP contribution >= 0.6 is 15.9 Å². The Balaban J connectivity index is 2.32. The van der Waals surface area contributed by atoms with Gasteiger partial charge in [0.2, 0.25) is 0 Å². The van der Waals surface area contributed by atoms with Crippen LogP contribution in [-0.2, 0) is 4.79 Å². The Hall–Kier alpha value is -2.98. The zero-order valence-corrected chi connectivity index (χ0v) is 17.5. The average molecular weight is 445 g/mol. The number of nitrogens with zero attached hydrogens (tertiary/aromatic N) is 1. The van der Waals surface area contributed by atoms with E-state index in [-0.39, 0.29) is 5.57 Å². The Labute approximate surface area is 172 Å². The van der Waals surface area contributed by atoms with Crippen LogP contribution < -0.4 is 19.5 Å². The number of carbonyl (C=O) groups is 1.